The van der Waals surface area contributed by atoms with Crippen molar-refractivity contribution in [1.29, 1.82) is 0 Å². The molecule has 0 radical (unpaired) electrons. The molecule has 3 aromatic rings. The topological polar surface area (TPSA) is 79.3 Å². The lowest BCUT2D eigenvalue weighted by atomic mass is 10.1. The molecular weight excluding hydrogens is 450 g/mol. The maximum Gasteiger partial charge on any atom is 0.255 e. The molecule has 1 saturated heterocycles. The van der Waals surface area contributed by atoms with Gasteiger partial charge in [-0.25, -0.2) is 4.68 Å². The molecule has 0 spiro atoms. The molecule has 1 aliphatic heterocycles. The Kier molecular flexibility index (Phi) is 7.53. The molecule has 4 rings (SSSR count). The minimum absolute atomic E-state index is 0.228. The number of hydrogen-bond donors (Lipinski definition) is 2. The van der Waals surface area contributed by atoms with Crippen LogP contribution in [0.3, 0.4) is 0 Å². The van der Waals surface area contributed by atoms with E-state index in [1.165, 1.54) is 19.0 Å². The van der Waals surface area contributed by atoms with Crippen molar-refractivity contribution in [1.82, 2.24) is 15.1 Å². The van der Waals surface area contributed by atoms with E-state index in [2.05, 4.69) is 26.7 Å². The molecule has 2 amide bonds. The maximum atomic E-state index is 13.1. The third-order valence-electron chi connectivity index (χ3n) is 6.09. The van der Waals surface area contributed by atoms with Gasteiger partial charge in [0, 0.05) is 29.5 Å². The van der Waals surface area contributed by atoms with Crippen molar-refractivity contribution in [3.8, 4) is 5.69 Å². The summed E-state index contributed by atoms with van der Waals surface area (Å²) in [4.78, 5) is 28.5. The summed E-state index contributed by atoms with van der Waals surface area (Å²) in [6, 6.07) is 14.5. The first-order chi connectivity index (χ1) is 16.5. The van der Waals surface area contributed by atoms with E-state index >= 15 is 0 Å². The van der Waals surface area contributed by atoms with E-state index in [0.29, 0.717) is 22.7 Å². The lowest BCUT2D eigenvalue weighted by molar-refractivity contribution is -0.118. The number of carbonyl (C=O) groups excluding carboxylic acids is 2. The summed E-state index contributed by atoms with van der Waals surface area (Å²) in [5.74, 6) is -0.557. The molecular formula is C26H30ClN5O2. The summed E-state index contributed by atoms with van der Waals surface area (Å²) in [7, 11) is 0. The summed E-state index contributed by atoms with van der Waals surface area (Å²) in [5.41, 5.74) is 3.70. The van der Waals surface area contributed by atoms with Crippen LogP contribution in [-0.2, 0) is 4.79 Å². The molecule has 0 saturated carbocycles. The minimum Gasteiger partial charge on any atom is -0.371 e. The predicted molar refractivity (Wildman–Crippen MR) is 136 cm³/mol. The average molecular weight is 480 g/mol. The molecule has 1 fully saturated rings. The lowest BCUT2D eigenvalue weighted by Crippen LogP contribution is -2.43. The first kappa shape index (κ1) is 23.8. The fraction of sp³-hybridized carbons (Fsp3) is 0.346. The number of nitrogens with zero attached hydrogens (tertiary/aromatic N) is 3. The van der Waals surface area contributed by atoms with E-state index in [1.54, 1.807) is 16.8 Å². The molecule has 1 unspecified atom stereocenters. The average Bonchev–Trinajstić information content (AvgIpc) is 3.49. The Morgan fingerprint density at radius 2 is 1.82 bits per heavy atom. The second-order valence-electron chi connectivity index (χ2n) is 8.58. The highest BCUT2D eigenvalue weighted by molar-refractivity contribution is 6.30. The van der Waals surface area contributed by atoms with Crippen LogP contribution in [0.4, 0.5) is 11.4 Å². The molecule has 1 aliphatic rings. The second-order valence-corrected chi connectivity index (χ2v) is 9.02. The molecule has 1 atom stereocenters. The Morgan fingerprint density at radius 3 is 2.56 bits per heavy atom. The van der Waals surface area contributed by atoms with Gasteiger partial charge >= 0.3 is 0 Å². The van der Waals surface area contributed by atoms with Gasteiger partial charge < -0.3 is 15.5 Å². The summed E-state index contributed by atoms with van der Waals surface area (Å²) < 4.78 is 1.67. The molecule has 34 heavy (non-hydrogen) atoms. The summed E-state index contributed by atoms with van der Waals surface area (Å²) in [6.45, 7) is 5.88. The van der Waals surface area contributed by atoms with Crippen LogP contribution in [0.15, 0.2) is 54.7 Å². The molecule has 2 N–H and O–H groups in total. The molecule has 8 heteroatoms. The van der Waals surface area contributed by atoms with Crippen molar-refractivity contribution in [3.05, 3.63) is 71.0 Å². The van der Waals surface area contributed by atoms with Gasteiger partial charge in [-0.05, 0) is 62.6 Å². The van der Waals surface area contributed by atoms with Crippen molar-refractivity contribution >= 4 is 34.8 Å². The fourth-order valence-corrected chi connectivity index (χ4v) is 4.46. The molecule has 2 aromatic carbocycles. The number of carbonyl (C=O) groups is 2. The molecule has 1 aromatic heterocycles. The number of amides is 2. The number of anilines is 2. The van der Waals surface area contributed by atoms with E-state index < -0.39 is 6.04 Å². The monoisotopic (exact) mass is 479 g/mol. The zero-order valence-electron chi connectivity index (χ0n) is 19.6. The first-order valence-electron chi connectivity index (χ1n) is 11.7. The van der Waals surface area contributed by atoms with E-state index in [4.69, 9.17) is 11.6 Å². The van der Waals surface area contributed by atoms with Crippen LogP contribution in [0, 0.1) is 6.92 Å². The first-order valence-corrected chi connectivity index (χ1v) is 12.1. The molecule has 0 bridgehead atoms. The zero-order chi connectivity index (χ0) is 24.1. The Morgan fingerprint density at radius 1 is 1.09 bits per heavy atom. The maximum absolute atomic E-state index is 13.1. The molecule has 2 heterocycles. The van der Waals surface area contributed by atoms with Gasteiger partial charge in [0.2, 0.25) is 5.91 Å². The fourth-order valence-electron chi connectivity index (χ4n) is 4.28. The van der Waals surface area contributed by atoms with Crippen molar-refractivity contribution in [2.24, 2.45) is 0 Å². The van der Waals surface area contributed by atoms with E-state index in [0.717, 1.165) is 36.6 Å². The number of hydrogen-bond acceptors (Lipinski definition) is 4. The van der Waals surface area contributed by atoms with Crippen LogP contribution in [0.25, 0.3) is 5.69 Å². The van der Waals surface area contributed by atoms with Crippen LogP contribution in [-0.4, -0.2) is 40.7 Å². The Bertz CT molecular complexity index is 1170. The number of benzene rings is 2. The largest absolute Gasteiger partial charge is 0.371 e. The van der Waals surface area contributed by atoms with Crippen molar-refractivity contribution in [2.75, 3.05) is 23.3 Å². The van der Waals surface area contributed by atoms with Gasteiger partial charge in [-0.2, -0.15) is 5.10 Å². The number of halogens is 1. The normalized spacial score (nSPS) is 14.1. The lowest BCUT2D eigenvalue weighted by Gasteiger charge is -2.20. The Balaban J connectivity index is 1.46. The Hall–Kier alpha value is -3.32. The molecule has 7 nitrogen and oxygen atoms in total. The number of rotatable bonds is 8. The minimum atomic E-state index is -0.651. The number of nitrogens with one attached hydrogen (secondary N) is 2. The van der Waals surface area contributed by atoms with Gasteiger partial charge in [-0.1, -0.05) is 37.1 Å². The van der Waals surface area contributed by atoms with Gasteiger partial charge in [0.05, 0.1) is 23.1 Å². The molecule has 0 aliphatic carbocycles. The van der Waals surface area contributed by atoms with Gasteiger partial charge in [0.1, 0.15) is 6.04 Å². The zero-order valence-corrected chi connectivity index (χ0v) is 20.3. The molecule has 178 valence electrons. The third kappa shape index (κ3) is 5.42. The predicted octanol–water partition coefficient (Wildman–Crippen LogP) is 4.97. The number of aromatic nitrogens is 2. The van der Waals surface area contributed by atoms with Gasteiger partial charge in [0.15, 0.2) is 0 Å². The third-order valence-corrected chi connectivity index (χ3v) is 6.33. The quantitative estimate of drug-likeness (QED) is 0.478. The van der Waals surface area contributed by atoms with Gasteiger partial charge in [-0.3, -0.25) is 9.59 Å². The highest BCUT2D eigenvalue weighted by atomic mass is 35.5. The van der Waals surface area contributed by atoms with Crippen molar-refractivity contribution in [2.45, 2.75) is 45.6 Å². The highest BCUT2D eigenvalue weighted by Crippen LogP contribution is 2.24. The summed E-state index contributed by atoms with van der Waals surface area (Å²) >= 11 is 6.10. The van der Waals surface area contributed by atoms with Crippen LogP contribution in [0.5, 0.6) is 0 Å². The SMILES string of the molecule is CCCC(NC(=O)c1cnn(-c2cccc(Cl)c2)c1C)C(=O)Nc1cccc(N2CCCC2)c1. The highest BCUT2D eigenvalue weighted by Gasteiger charge is 2.24. The van der Waals surface area contributed by atoms with Gasteiger partial charge in [-0.15, -0.1) is 0 Å². The summed E-state index contributed by atoms with van der Waals surface area (Å²) in [6.07, 6.45) is 5.19. The van der Waals surface area contributed by atoms with E-state index in [1.807, 2.05) is 44.2 Å². The smallest absolute Gasteiger partial charge is 0.255 e. The van der Waals surface area contributed by atoms with Gasteiger partial charge in [0.25, 0.3) is 5.91 Å². The van der Waals surface area contributed by atoms with E-state index in [-0.39, 0.29) is 11.8 Å². The van der Waals surface area contributed by atoms with Crippen LogP contribution < -0.4 is 15.5 Å². The van der Waals surface area contributed by atoms with Crippen molar-refractivity contribution < 1.29 is 9.59 Å². The van der Waals surface area contributed by atoms with Crippen LogP contribution >= 0.6 is 11.6 Å². The summed E-state index contributed by atoms with van der Waals surface area (Å²) in [5, 5.41) is 10.8. The van der Waals surface area contributed by atoms with Crippen molar-refractivity contribution in [3.63, 3.8) is 0 Å². The van der Waals surface area contributed by atoms with Crippen LogP contribution in [0.2, 0.25) is 5.02 Å². The van der Waals surface area contributed by atoms with E-state index in [9.17, 15) is 9.59 Å². The standard InChI is InChI=1S/C26H30ClN5O2/c1-3-8-24(26(34)29-20-10-7-11-21(16-20)31-13-4-5-14-31)30-25(33)23-17-28-32(18(23)2)22-12-6-9-19(27)15-22/h6-7,9-12,15-17,24H,3-5,8,13-14H2,1-2H3,(H,29,34)(H,30,33). The second kappa shape index (κ2) is 10.7. The van der Waals surface area contributed by atoms with Crippen LogP contribution in [0.1, 0.15) is 48.7 Å². The Labute approximate surface area is 205 Å².